The van der Waals surface area contributed by atoms with E-state index in [1.165, 1.54) is 17.8 Å². The number of piperidine rings is 1. The molecular weight excluding hydrogens is 316 g/mol. The highest BCUT2D eigenvalue weighted by Gasteiger charge is 2.27. The molecular formula is C17H19ClN2OS. The molecule has 116 valence electrons. The largest absolute Gasteiger partial charge is 0.335 e. The summed E-state index contributed by atoms with van der Waals surface area (Å²) < 4.78 is 0. The Labute approximate surface area is 139 Å². The van der Waals surface area contributed by atoms with Crippen LogP contribution >= 0.6 is 22.9 Å². The highest BCUT2D eigenvalue weighted by Crippen LogP contribution is 2.31. The molecule has 0 bridgehead atoms. The first-order valence-electron chi connectivity index (χ1n) is 7.60. The lowest BCUT2D eigenvalue weighted by atomic mass is 10.0. The summed E-state index contributed by atoms with van der Waals surface area (Å²) in [6.07, 6.45) is 3.39. The number of aryl methyl sites for hydroxylation is 1. The van der Waals surface area contributed by atoms with Crippen molar-refractivity contribution in [1.29, 1.82) is 0 Å². The number of thiazole rings is 1. The highest BCUT2D eigenvalue weighted by molar-refractivity contribution is 7.17. The maximum absolute atomic E-state index is 12.8. The van der Waals surface area contributed by atoms with Crippen molar-refractivity contribution in [3.05, 3.63) is 39.9 Å². The third kappa shape index (κ3) is 3.03. The fourth-order valence-corrected chi connectivity index (χ4v) is 4.08. The normalized spacial score (nSPS) is 18.5. The third-order valence-corrected chi connectivity index (χ3v) is 5.56. The molecule has 1 aliphatic heterocycles. The van der Waals surface area contributed by atoms with E-state index in [0.29, 0.717) is 11.1 Å². The van der Waals surface area contributed by atoms with Crippen molar-refractivity contribution in [2.75, 3.05) is 6.54 Å². The quantitative estimate of drug-likeness (QED) is 0.791. The van der Waals surface area contributed by atoms with E-state index in [1.54, 1.807) is 0 Å². The molecule has 1 saturated heterocycles. The van der Waals surface area contributed by atoms with Crippen molar-refractivity contribution in [2.45, 2.75) is 39.2 Å². The maximum atomic E-state index is 12.8. The standard InChI is InChI=1S/C17H19ClN2OS/c1-11-6-3-4-9-20(11)17(21)15-12(2)19-16(22-15)13-7-5-8-14(18)10-13/h5,7-8,10-11H,3-4,6,9H2,1-2H3. The molecule has 0 aliphatic carbocycles. The second-order valence-corrected chi connectivity index (χ2v) is 7.22. The molecule has 1 aromatic heterocycles. The Morgan fingerprint density at radius 1 is 1.41 bits per heavy atom. The minimum Gasteiger partial charge on any atom is -0.335 e. The van der Waals surface area contributed by atoms with Crippen LogP contribution in [0.4, 0.5) is 0 Å². The van der Waals surface area contributed by atoms with Gasteiger partial charge in [0.05, 0.1) is 5.69 Å². The first kappa shape index (κ1) is 15.5. The summed E-state index contributed by atoms with van der Waals surface area (Å²) in [4.78, 5) is 20.1. The van der Waals surface area contributed by atoms with Gasteiger partial charge in [0.2, 0.25) is 0 Å². The fourth-order valence-electron chi connectivity index (χ4n) is 2.87. The molecule has 1 amide bonds. The minimum absolute atomic E-state index is 0.121. The molecule has 0 N–H and O–H groups in total. The van der Waals surface area contributed by atoms with Gasteiger partial charge in [0.15, 0.2) is 0 Å². The number of rotatable bonds is 2. The Balaban J connectivity index is 1.90. The molecule has 0 saturated carbocycles. The number of carbonyl (C=O) groups excluding carboxylic acids is 1. The number of nitrogens with zero attached hydrogens (tertiary/aromatic N) is 2. The van der Waals surface area contributed by atoms with E-state index in [1.807, 2.05) is 36.1 Å². The monoisotopic (exact) mass is 334 g/mol. The van der Waals surface area contributed by atoms with Crippen molar-refractivity contribution in [2.24, 2.45) is 0 Å². The van der Waals surface area contributed by atoms with Crippen LogP contribution in [0.15, 0.2) is 24.3 Å². The number of halogens is 1. The molecule has 1 fully saturated rings. The van der Waals surface area contributed by atoms with Gasteiger partial charge in [-0.1, -0.05) is 23.7 Å². The molecule has 2 heterocycles. The topological polar surface area (TPSA) is 33.2 Å². The summed E-state index contributed by atoms with van der Waals surface area (Å²) in [6.45, 7) is 4.89. The number of hydrogen-bond donors (Lipinski definition) is 0. The minimum atomic E-state index is 0.121. The summed E-state index contributed by atoms with van der Waals surface area (Å²) in [5.74, 6) is 0.121. The average Bonchev–Trinajstić information content (AvgIpc) is 2.89. The summed E-state index contributed by atoms with van der Waals surface area (Å²) >= 11 is 7.51. The Morgan fingerprint density at radius 2 is 2.23 bits per heavy atom. The van der Waals surface area contributed by atoms with Gasteiger partial charge in [-0.3, -0.25) is 4.79 Å². The molecule has 22 heavy (non-hydrogen) atoms. The van der Waals surface area contributed by atoms with E-state index >= 15 is 0 Å². The van der Waals surface area contributed by atoms with Crippen molar-refractivity contribution >= 4 is 28.8 Å². The van der Waals surface area contributed by atoms with E-state index in [0.717, 1.165) is 40.5 Å². The van der Waals surface area contributed by atoms with E-state index < -0.39 is 0 Å². The first-order valence-corrected chi connectivity index (χ1v) is 8.80. The molecule has 2 aromatic rings. The number of benzene rings is 1. The number of amides is 1. The summed E-state index contributed by atoms with van der Waals surface area (Å²) in [5, 5.41) is 1.54. The zero-order valence-corrected chi connectivity index (χ0v) is 14.4. The Hall–Kier alpha value is -1.39. The van der Waals surface area contributed by atoms with Gasteiger partial charge in [-0.2, -0.15) is 0 Å². The van der Waals surface area contributed by atoms with E-state index in [-0.39, 0.29) is 5.91 Å². The van der Waals surface area contributed by atoms with Crippen molar-refractivity contribution < 1.29 is 4.79 Å². The van der Waals surface area contributed by atoms with Crippen molar-refractivity contribution in [1.82, 2.24) is 9.88 Å². The van der Waals surface area contributed by atoms with Crippen LogP contribution in [0.1, 0.15) is 41.6 Å². The second-order valence-electron chi connectivity index (χ2n) is 5.79. The van der Waals surface area contributed by atoms with Crippen LogP contribution in [0.2, 0.25) is 5.02 Å². The Kier molecular flexibility index (Phi) is 4.50. The van der Waals surface area contributed by atoms with Crippen LogP contribution in [-0.4, -0.2) is 28.4 Å². The summed E-state index contributed by atoms with van der Waals surface area (Å²) in [5.41, 5.74) is 1.77. The van der Waals surface area contributed by atoms with Gasteiger partial charge in [0.1, 0.15) is 9.88 Å². The van der Waals surface area contributed by atoms with Crippen LogP contribution in [0.5, 0.6) is 0 Å². The SMILES string of the molecule is Cc1nc(-c2cccc(Cl)c2)sc1C(=O)N1CCCCC1C. The lowest BCUT2D eigenvalue weighted by molar-refractivity contribution is 0.0639. The van der Waals surface area contributed by atoms with Crippen molar-refractivity contribution in [3.8, 4) is 10.6 Å². The fraction of sp³-hybridized carbons (Fsp3) is 0.412. The summed E-state index contributed by atoms with van der Waals surface area (Å²) in [7, 11) is 0. The molecule has 1 aromatic carbocycles. The molecule has 0 spiro atoms. The molecule has 5 heteroatoms. The van der Waals surface area contributed by atoms with Crippen LogP contribution in [0.25, 0.3) is 10.6 Å². The lowest BCUT2D eigenvalue weighted by Gasteiger charge is -2.33. The first-order chi connectivity index (χ1) is 10.6. The number of carbonyl (C=O) groups is 1. The van der Waals surface area contributed by atoms with Gasteiger partial charge in [-0.25, -0.2) is 4.98 Å². The molecule has 1 unspecified atom stereocenters. The van der Waals surface area contributed by atoms with E-state index in [9.17, 15) is 4.79 Å². The van der Waals surface area contributed by atoms with Crippen LogP contribution in [-0.2, 0) is 0 Å². The predicted octanol–water partition coefficient (Wildman–Crippen LogP) is 4.79. The predicted molar refractivity (Wildman–Crippen MR) is 91.6 cm³/mol. The molecule has 1 atom stereocenters. The molecule has 1 aliphatic rings. The second kappa shape index (κ2) is 6.39. The highest BCUT2D eigenvalue weighted by atomic mass is 35.5. The van der Waals surface area contributed by atoms with Gasteiger partial charge < -0.3 is 4.90 Å². The maximum Gasteiger partial charge on any atom is 0.266 e. The van der Waals surface area contributed by atoms with Crippen LogP contribution < -0.4 is 0 Å². The van der Waals surface area contributed by atoms with E-state index in [4.69, 9.17) is 11.6 Å². The number of likely N-dealkylation sites (tertiary alicyclic amines) is 1. The number of aromatic nitrogens is 1. The van der Waals surface area contributed by atoms with Gasteiger partial charge >= 0.3 is 0 Å². The van der Waals surface area contributed by atoms with Crippen molar-refractivity contribution in [3.63, 3.8) is 0 Å². The average molecular weight is 335 g/mol. The third-order valence-electron chi connectivity index (χ3n) is 4.13. The van der Waals surface area contributed by atoms with Gasteiger partial charge in [0, 0.05) is 23.2 Å². The number of hydrogen-bond acceptors (Lipinski definition) is 3. The van der Waals surface area contributed by atoms with Crippen LogP contribution in [0.3, 0.4) is 0 Å². The molecule has 3 nitrogen and oxygen atoms in total. The van der Waals surface area contributed by atoms with Crippen LogP contribution in [0, 0.1) is 6.92 Å². The van der Waals surface area contributed by atoms with Gasteiger partial charge in [-0.05, 0) is 45.2 Å². The van der Waals surface area contributed by atoms with Gasteiger partial charge in [-0.15, -0.1) is 11.3 Å². The van der Waals surface area contributed by atoms with E-state index in [2.05, 4.69) is 11.9 Å². The van der Waals surface area contributed by atoms with Gasteiger partial charge in [0.25, 0.3) is 5.91 Å². The zero-order chi connectivity index (χ0) is 15.7. The lowest BCUT2D eigenvalue weighted by Crippen LogP contribution is -2.41. The Bertz CT molecular complexity index is 698. The molecule has 0 radical (unpaired) electrons. The molecule has 3 rings (SSSR count). The summed E-state index contributed by atoms with van der Waals surface area (Å²) in [6, 6.07) is 7.92. The smallest absolute Gasteiger partial charge is 0.266 e. The zero-order valence-electron chi connectivity index (χ0n) is 12.8. The Morgan fingerprint density at radius 3 is 2.95 bits per heavy atom.